The molecule has 0 aromatic heterocycles. The van der Waals surface area contributed by atoms with E-state index in [1.165, 1.54) is 30.3 Å². The van der Waals surface area contributed by atoms with Gasteiger partial charge in [0.25, 0.3) is 10.0 Å². The van der Waals surface area contributed by atoms with Gasteiger partial charge in [-0.25, -0.2) is 21.2 Å². The van der Waals surface area contributed by atoms with Gasteiger partial charge >= 0.3 is 0 Å². The van der Waals surface area contributed by atoms with Gasteiger partial charge in [0.1, 0.15) is 5.82 Å². The zero-order valence-electron chi connectivity index (χ0n) is 15.9. The molecule has 0 aliphatic carbocycles. The third-order valence-corrected chi connectivity index (χ3v) is 7.43. The van der Waals surface area contributed by atoms with Crippen molar-refractivity contribution in [3.05, 3.63) is 89.2 Å². The van der Waals surface area contributed by atoms with Crippen molar-refractivity contribution in [2.24, 2.45) is 0 Å². The van der Waals surface area contributed by atoms with E-state index in [2.05, 4.69) is 4.72 Å². The van der Waals surface area contributed by atoms with E-state index >= 15 is 0 Å². The number of nitrogens with one attached hydrogen (secondary N) is 1. The predicted octanol–water partition coefficient (Wildman–Crippen LogP) is 4.22. The second kappa shape index (κ2) is 7.96. The van der Waals surface area contributed by atoms with E-state index in [9.17, 15) is 21.2 Å². The molecule has 29 heavy (non-hydrogen) atoms. The van der Waals surface area contributed by atoms with Crippen molar-refractivity contribution in [2.45, 2.75) is 29.4 Å². The molecule has 0 saturated heterocycles. The molecule has 3 aromatic rings. The molecule has 3 rings (SSSR count). The Kier molecular flexibility index (Phi) is 5.77. The maximum Gasteiger partial charge on any atom is 0.261 e. The quantitative estimate of drug-likeness (QED) is 0.631. The number of sulfonamides is 1. The molecule has 0 amide bonds. The lowest BCUT2D eigenvalue weighted by molar-refractivity contribution is 0.593. The molecular weight excluding hydrogens is 413 g/mol. The molecule has 0 atom stereocenters. The summed E-state index contributed by atoms with van der Waals surface area (Å²) in [5, 5.41) is 0. The van der Waals surface area contributed by atoms with Gasteiger partial charge in [0.2, 0.25) is 0 Å². The molecule has 0 spiro atoms. The van der Waals surface area contributed by atoms with Crippen LogP contribution in [0.4, 0.5) is 10.1 Å². The largest absolute Gasteiger partial charge is 0.279 e. The van der Waals surface area contributed by atoms with Gasteiger partial charge in [0, 0.05) is 0 Å². The highest BCUT2D eigenvalue weighted by atomic mass is 32.2. The first-order valence-corrected chi connectivity index (χ1v) is 11.9. The molecule has 8 heteroatoms. The molecule has 0 saturated carbocycles. The first-order chi connectivity index (χ1) is 13.6. The summed E-state index contributed by atoms with van der Waals surface area (Å²) in [5.74, 6) is -1.20. The summed E-state index contributed by atoms with van der Waals surface area (Å²) in [7, 11) is -7.76. The van der Waals surface area contributed by atoms with Gasteiger partial charge in [-0.05, 0) is 61.9 Å². The highest BCUT2D eigenvalue weighted by Crippen LogP contribution is 2.26. The van der Waals surface area contributed by atoms with Gasteiger partial charge in [-0.2, -0.15) is 0 Å². The number of halogens is 1. The minimum atomic E-state index is -3.96. The Labute approximate surface area is 170 Å². The Balaban J connectivity index is 1.96. The van der Waals surface area contributed by atoms with Crippen molar-refractivity contribution in [2.75, 3.05) is 4.72 Å². The zero-order chi connectivity index (χ0) is 21.2. The van der Waals surface area contributed by atoms with Crippen molar-refractivity contribution >= 4 is 25.5 Å². The van der Waals surface area contributed by atoms with Crippen molar-refractivity contribution < 1.29 is 21.2 Å². The van der Waals surface area contributed by atoms with Gasteiger partial charge in [0.15, 0.2) is 9.84 Å². The van der Waals surface area contributed by atoms with Crippen molar-refractivity contribution in [3.63, 3.8) is 0 Å². The summed E-state index contributed by atoms with van der Waals surface area (Å²) >= 11 is 0. The Hall–Kier alpha value is -2.71. The van der Waals surface area contributed by atoms with Crippen LogP contribution in [0.5, 0.6) is 0 Å². The van der Waals surface area contributed by atoms with E-state index in [0.717, 1.165) is 23.3 Å². The Morgan fingerprint density at radius 3 is 1.83 bits per heavy atom. The fourth-order valence-electron chi connectivity index (χ4n) is 2.74. The smallest absolute Gasteiger partial charge is 0.261 e. The number of rotatable bonds is 6. The molecule has 5 nitrogen and oxygen atoms in total. The van der Waals surface area contributed by atoms with E-state index in [4.69, 9.17) is 0 Å². The second-order valence-corrected chi connectivity index (χ2v) is 10.5. The average molecular weight is 434 g/mol. The van der Waals surface area contributed by atoms with E-state index < -0.39 is 31.4 Å². The van der Waals surface area contributed by atoms with Crippen LogP contribution in [0, 0.1) is 19.7 Å². The number of aryl methyl sites for hydroxylation is 2. The molecule has 0 aliphatic rings. The molecule has 3 aromatic carbocycles. The minimum absolute atomic E-state index is 0.0164. The molecule has 1 N–H and O–H groups in total. The van der Waals surface area contributed by atoms with Crippen LogP contribution in [-0.4, -0.2) is 16.8 Å². The first kappa shape index (κ1) is 21.0. The van der Waals surface area contributed by atoms with Crippen LogP contribution in [0.3, 0.4) is 0 Å². The molecule has 0 fully saturated rings. The summed E-state index contributed by atoms with van der Waals surface area (Å²) in [6.45, 7) is 3.67. The predicted molar refractivity (Wildman–Crippen MR) is 110 cm³/mol. The number of hydrogen-bond acceptors (Lipinski definition) is 4. The number of anilines is 1. The molecule has 0 heterocycles. The molecular formula is C21H20FNO4S2. The summed E-state index contributed by atoms with van der Waals surface area (Å²) in [6.07, 6.45) is 0. The topological polar surface area (TPSA) is 80.3 Å². The average Bonchev–Trinajstić information content (AvgIpc) is 2.64. The summed E-state index contributed by atoms with van der Waals surface area (Å²) < 4.78 is 67.0. The van der Waals surface area contributed by atoms with E-state index in [1.54, 1.807) is 24.3 Å². The molecule has 0 unspecified atom stereocenters. The number of sulfone groups is 1. The lowest BCUT2D eigenvalue weighted by Gasteiger charge is -2.14. The van der Waals surface area contributed by atoms with E-state index in [-0.39, 0.29) is 21.0 Å². The van der Waals surface area contributed by atoms with Crippen LogP contribution >= 0.6 is 0 Å². The third-order valence-electron chi connectivity index (χ3n) is 4.37. The lowest BCUT2D eigenvalue weighted by atomic mass is 10.2. The van der Waals surface area contributed by atoms with Crippen LogP contribution in [-0.2, 0) is 25.6 Å². The van der Waals surface area contributed by atoms with Crippen LogP contribution < -0.4 is 4.72 Å². The summed E-state index contributed by atoms with van der Waals surface area (Å²) in [6, 6.07) is 15.8. The Bertz CT molecular complexity index is 1230. The highest BCUT2D eigenvalue weighted by molar-refractivity contribution is 7.92. The lowest BCUT2D eigenvalue weighted by Crippen LogP contribution is -2.15. The van der Waals surface area contributed by atoms with E-state index in [0.29, 0.717) is 0 Å². The molecule has 152 valence electrons. The summed E-state index contributed by atoms with van der Waals surface area (Å²) in [4.78, 5) is 0.111. The monoisotopic (exact) mass is 433 g/mol. The van der Waals surface area contributed by atoms with Crippen molar-refractivity contribution in [1.29, 1.82) is 0 Å². The van der Waals surface area contributed by atoms with Gasteiger partial charge in [-0.3, -0.25) is 4.72 Å². The first-order valence-electron chi connectivity index (χ1n) is 8.74. The van der Waals surface area contributed by atoms with Crippen molar-refractivity contribution in [1.82, 2.24) is 0 Å². The minimum Gasteiger partial charge on any atom is -0.279 e. The Morgan fingerprint density at radius 1 is 0.759 bits per heavy atom. The maximum absolute atomic E-state index is 13.8. The second-order valence-electron chi connectivity index (χ2n) is 6.79. The molecule has 0 aliphatic heterocycles. The standard InChI is InChI=1S/C21H20FNO4S2/c1-15-3-8-19(9-4-15)28(24,25)14-17-13-18(22)7-12-21(17)23-29(26,27)20-10-5-16(2)6-11-20/h3-13,23H,14H2,1-2H3. The Morgan fingerprint density at radius 2 is 1.28 bits per heavy atom. The fourth-order valence-corrected chi connectivity index (χ4v) is 5.20. The fraction of sp³-hybridized carbons (Fsp3) is 0.143. The van der Waals surface area contributed by atoms with Crippen LogP contribution in [0.25, 0.3) is 0 Å². The SMILES string of the molecule is Cc1ccc(S(=O)(=O)Cc2cc(F)ccc2NS(=O)(=O)c2ccc(C)cc2)cc1. The normalized spacial score (nSPS) is 12.0. The third kappa shape index (κ3) is 5.02. The van der Waals surface area contributed by atoms with Crippen LogP contribution in [0.2, 0.25) is 0 Å². The molecule has 0 bridgehead atoms. The molecule has 0 radical (unpaired) electrons. The van der Waals surface area contributed by atoms with Gasteiger partial charge < -0.3 is 0 Å². The van der Waals surface area contributed by atoms with Crippen LogP contribution in [0.1, 0.15) is 16.7 Å². The number of hydrogen-bond donors (Lipinski definition) is 1. The van der Waals surface area contributed by atoms with Crippen LogP contribution in [0.15, 0.2) is 76.5 Å². The van der Waals surface area contributed by atoms with Gasteiger partial charge in [-0.1, -0.05) is 35.4 Å². The van der Waals surface area contributed by atoms with E-state index in [1.807, 2.05) is 13.8 Å². The highest BCUT2D eigenvalue weighted by Gasteiger charge is 2.21. The van der Waals surface area contributed by atoms with Gasteiger partial charge in [-0.15, -0.1) is 0 Å². The number of benzene rings is 3. The van der Waals surface area contributed by atoms with Gasteiger partial charge in [0.05, 0.1) is 21.2 Å². The maximum atomic E-state index is 13.8. The summed E-state index contributed by atoms with van der Waals surface area (Å²) in [5.41, 5.74) is 1.85. The van der Waals surface area contributed by atoms with Crippen molar-refractivity contribution in [3.8, 4) is 0 Å². The zero-order valence-corrected chi connectivity index (χ0v) is 17.5.